The highest BCUT2D eigenvalue weighted by Crippen LogP contribution is 2.30. The first-order valence-corrected chi connectivity index (χ1v) is 6.69. The minimum Gasteiger partial charge on any atom is -0.387 e. The van der Waals surface area contributed by atoms with E-state index < -0.39 is 5.60 Å². The fourth-order valence-corrected chi connectivity index (χ4v) is 2.65. The Balaban J connectivity index is 1.86. The van der Waals surface area contributed by atoms with E-state index in [1.165, 1.54) is 0 Å². The van der Waals surface area contributed by atoms with E-state index in [9.17, 15) is 9.90 Å². The van der Waals surface area contributed by atoms with Crippen LogP contribution in [0.2, 0.25) is 0 Å². The molecule has 2 saturated heterocycles. The van der Waals surface area contributed by atoms with Crippen LogP contribution >= 0.6 is 0 Å². The molecule has 0 aromatic heterocycles. The molecule has 0 saturated carbocycles. The molecule has 1 atom stereocenters. The molecular formula is C13H24N2O2. The summed E-state index contributed by atoms with van der Waals surface area (Å²) in [5.41, 5.74) is -0.584. The number of rotatable bonds is 3. The molecule has 2 heterocycles. The van der Waals surface area contributed by atoms with Gasteiger partial charge in [0, 0.05) is 26.2 Å². The van der Waals surface area contributed by atoms with E-state index in [-0.39, 0.29) is 17.9 Å². The van der Waals surface area contributed by atoms with E-state index >= 15 is 0 Å². The first-order chi connectivity index (χ1) is 7.94. The van der Waals surface area contributed by atoms with Crippen LogP contribution in [-0.2, 0) is 4.79 Å². The fourth-order valence-electron chi connectivity index (χ4n) is 2.65. The summed E-state index contributed by atoms with van der Waals surface area (Å²) in [7, 11) is 0. The Morgan fingerprint density at radius 1 is 1.18 bits per heavy atom. The molecule has 2 aliphatic rings. The third-order valence-corrected chi connectivity index (χ3v) is 4.35. The molecular weight excluding hydrogens is 216 g/mol. The molecule has 0 radical (unpaired) electrons. The first-order valence-electron chi connectivity index (χ1n) is 6.69. The van der Waals surface area contributed by atoms with Gasteiger partial charge in [-0.2, -0.15) is 0 Å². The summed E-state index contributed by atoms with van der Waals surface area (Å²) >= 11 is 0. The smallest absolute Gasteiger partial charge is 0.239 e. The molecule has 17 heavy (non-hydrogen) atoms. The molecule has 1 unspecified atom stereocenters. The zero-order valence-corrected chi connectivity index (χ0v) is 11.1. The molecule has 4 nitrogen and oxygen atoms in total. The molecule has 0 aromatic rings. The number of β-amino-alcohol motifs (C(OH)–C–C–N with tert-alkyl or cyclic N) is 1. The van der Waals surface area contributed by atoms with Gasteiger partial charge in [-0.1, -0.05) is 13.8 Å². The standard InChI is InChI=1S/C13H24N2O2/c1-10(2)13(17)8-15(9-13)11(3)12(16)14-6-4-5-7-14/h10-11,17H,4-9H2,1-3H3. The SMILES string of the molecule is CC(C(=O)N1CCCC1)N1CC(O)(C(C)C)C1. The number of carbonyl (C=O) groups excluding carboxylic acids is 1. The van der Waals surface area contributed by atoms with Gasteiger partial charge in [-0.25, -0.2) is 0 Å². The minimum atomic E-state index is -0.584. The molecule has 2 rings (SSSR count). The zero-order chi connectivity index (χ0) is 12.6. The van der Waals surface area contributed by atoms with Gasteiger partial charge in [0.1, 0.15) is 0 Å². The Morgan fingerprint density at radius 2 is 1.71 bits per heavy atom. The Bertz CT molecular complexity index is 292. The van der Waals surface area contributed by atoms with Crippen LogP contribution in [-0.4, -0.2) is 58.6 Å². The first kappa shape index (κ1) is 12.8. The van der Waals surface area contributed by atoms with Crippen LogP contribution in [0.25, 0.3) is 0 Å². The molecule has 2 fully saturated rings. The van der Waals surface area contributed by atoms with E-state index in [1.807, 2.05) is 25.7 Å². The molecule has 0 bridgehead atoms. The Labute approximate surface area is 104 Å². The van der Waals surface area contributed by atoms with Crippen molar-refractivity contribution < 1.29 is 9.90 Å². The van der Waals surface area contributed by atoms with Gasteiger partial charge in [0.25, 0.3) is 0 Å². The average molecular weight is 240 g/mol. The summed E-state index contributed by atoms with van der Waals surface area (Å²) < 4.78 is 0. The quantitative estimate of drug-likeness (QED) is 0.790. The number of hydrogen-bond donors (Lipinski definition) is 1. The molecule has 98 valence electrons. The third-order valence-electron chi connectivity index (χ3n) is 4.35. The van der Waals surface area contributed by atoms with Crippen LogP contribution in [0.15, 0.2) is 0 Å². The number of hydrogen-bond acceptors (Lipinski definition) is 3. The summed E-state index contributed by atoms with van der Waals surface area (Å²) in [6.07, 6.45) is 2.27. The van der Waals surface area contributed by atoms with E-state index in [0.29, 0.717) is 13.1 Å². The average Bonchev–Trinajstić information content (AvgIpc) is 2.75. The maximum Gasteiger partial charge on any atom is 0.239 e. The van der Waals surface area contributed by atoms with Crippen LogP contribution in [0.4, 0.5) is 0 Å². The lowest BCUT2D eigenvalue weighted by atomic mass is 9.82. The summed E-state index contributed by atoms with van der Waals surface area (Å²) in [6, 6.07) is -0.0767. The number of carbonyl (C=O) groups is 1. The second-order valence-electron chi connectivity index (χ2n) is 5.87. The Hall–Kier alpha value is -0.610. The van der Waals surface area contributed by atoms with Crippen LogP contribution in [0.1, 0.15) is 33.6 Å². The predicted molar refractivity (Wildman–Crippen MR) is 66.6 cm³/mol. The molecule has 2 aliphatic heterocycles. The van der Waals surface area contributed by atoms with Crippen molar-refractivity contribution in [2.75, 3.05) is 26.2 Å². The Morgan fingerprint density at radius 3 is 2.18 bits per heavy atom. The van der Waals surface area contributed by atoms with Gasteiger partial charge < -0.3 is 10.0 Å². The van der Waals surface area contributed by atoms with Gasteiger partial charge in [0.05, 0.1) is 11.6 Å². The number of likely N-dealkylation sites (tertiary alicyclic amines) is 2. The number of aliphatic hydroxyl groups is 1. The summed E-state index contributed by atoms with van der Waals surface area (Å²) in [5, 5.41) is 10.2. The monoisotopic (exact) mass is 240 g/mol. The lowest BCUT2D eigenvalue weighted by molar-refractivity contribution is -0.159. The Kier molecular flexibility index (Phi) is 3.46. The van der Waals surface area contributed by atoms with Gasteiger partial charge in [0.15, 0.2) is 0 Å². The minimum absolute atomic E-state index is 0.0767. The van der Waals surface area contributed by atoms with Crippen molar-refractivity contribution in [3.8, 4) is 0 Å². The van der Waals surface area contributed by atoms with E-state index in [4.69, 9.17) is 0 Å². The van der Waals surface area contributed by atoms with Crippen LogP contribution < -0.4 is 0 Å². The molecule has 1 N–H and O–H groups in total. The molecule has 4 heteroatoms. The third kappa shape index (κ3) is 2.33. The lowest BCUT2D eigenvalue weighted by Gasteiger charge is -2.51. The van der Waals surface area contributed by atoms with Crippen molar-refractivity contribution in [1.82, 2.24) is 9.80 Å². The summed E-state index contributed by atoms with van der Waals surface area (Å²) in [6.45, 7) is 9.10. The highest BCUT2D eigenvalue weighted by Gasteiger charge is 2.47. The van der Waals surface area contributed by atoms with Crippen molar-refractivity contribution in [2.24, 2.45) is 5.92 Å². The number of amides is 1. The van der Waals surface area contributed by atoms with Crippen LogP contribution in [0.3, 0.4) is 0 Å². The van der Waals surface area contributed by atoms with E-state index in [2.05, 4.69) is 4.90 Å². The van der Waals surface area contributed by atoms with E-state index in [0.717, 1.165) is 25.9 Å². The summed E-state index contributed by atoms with van der Waals surface area (Å²) in [4.78, 5) is 16.2. The topological polar surface area (TPSA) is 43.8 Å². The molecule has 0 aromatic carbocycles. The van der Waals surface area contributed by atoms with Crippen molar-refractivity contribution >= 4 is 5.91 Å². The fraction of sp³-hybridized carbons (Fsp3) is 0.923. The van der Waals surface area contributed by atoms with Gasteiger partial charge in [-0.15, -0.1) is 0 Å². The van der Waals surface area contributed by atoms with Crippen LogP contribution in [0.5, 0.6) is 0 Å². The van der Waals surface area contributed by atoms with Gasteiger partial charge in [-0.3, -0.25) is 9.69 Å². The van der Waals surface area contributed by atoms with Crippen molar-refractivity contribution in [3.05, 3.63) is 0 Å². The number of nitrogens with zero attached hydrogens (tertiary/aromatic N) is 2. The summed E-state index contributed by atoms with van der Waals surface area (Å²) in [5.74, 6) is 0.487. The predicted octanol–water partition coefficient (Wildman–Crippen LogP) is 0.700. The molecule has 0 spiro atoms. The second-order valence-corrected chi connectivity index (χ2v) is 5.87. The lowest BCUT2D eigenvalue weighted by Crippen LogP contribution is -2.68. The normalized spacial score (nSPS) is 26.1. The zero-order valence-electron chi connectivity index (χ0n) is 11.1. The highest BCUT2D eigenvalue weighted by molar-refractivity contribution is 5.81. The molecule has 1 amide bonds. The van der Waals surface area contributed by atoms with Crippen molar-refractivity contribution in [3.63, 3.8) is 0 Å². The second kappa shape index (κ2) is 4.58. The van der Waals surface area contributed by atoms with Gasteiger partial charge in [-0.05, 0) is 25.7 Å². The van der Waals surface area contributed by atoms with Crippen molar-refractivity contribution in [1.29, 1.82) is 0 Å². The maximum absolute atomic E-state index is 12.2. The van der Waals surface area contributed by atoms with Crippen molar-refractivity contribution in [2.45, 2.75) is 45.3 Å². The molecule has 0 aliphatic carbocycles. The van der Waals surface area contributed by atoms with E-state index in [1.54, 1.807) is 0 Å². The maximum atomic E-state index is 12.2. The van der Waals surface area contributed by atoms with Crippen LogP contribution in [0, 0.1) is 5.92 Å². The van der Waals surface area contributed by atoms with Gasteiger partial charge in [0.2, 0.25) is 5.91 Å². The van der Waals surface area contributed by atoms with Gasteiger partial charge >= 0.3 is 0 Å². The largest absolute Gasteiger partial charge is 0.387 e. The highest BCUT2D eigenvalue weighted by atomic mass is 16.3.